The Hall–Kier alpha value is -2.33. The summed E-state index contributed by atoms with van der Waals surface area (Å²) in [7, 11) is 0. The summed E-state index contributed by atoms with van der Waals surface area (Å²) in [6.45, 7) is 0.492. The number of para-hydroxylation sites is 1. The van der Waals surface area contributed by atoms with Crippen molar-refractivity contribution in [3.8, 4) is 5.75 Å². The maximum Gasteiger partial charge on any atom is 0.335 e. The van der Waals surface area contributed by atoms with Gasteiger partial charge in [-0.15, -0.1) is 11.3 Å². The monoisotopic (exact) mass is 284 g/mol. The van der Waals surface area contributed by atoms with E-state index in [1.54, 1.807) is 23.5 Å². The number of hydrogen-bond acceptors (Lipinski definition) is 3. The number of hydrogen-bond donors (Lipinski definition) is 1. The topological polar surface area (TPSA) is 46.5 Å². The Morgan fingerprint density at radius 3 is 2.65 bits per heavy atom. The van der Waals surface area contributed by atoms with E-state index in [1.165, 1.54) is 0 Å². The number of benzene rings is 2. The van der Waals surface area contributed by atoms with Crippen molar-refractivity contribution in [2.24, 2.45) is 0 Å². The molecule has 1 heterocycles. The normalized spacial score (nSPS) is 10.6. The lowest BCUT2D eigenvalue weighted by Gasteiger charge is -2.02. The molecule has 1 N–H and O–H groups in total. The van der Waals surface area contributed by atoms with Crippen LogP contribution in [0.5, 0.6) is 5.75 Å². The summed E-state index contributed by atoms with van der Waals surface area (Å²) in [5.74, 6) is -0.0728. The molecule has 0 aliphatic carbocycles. The third kappa shape index (κ3) is 2.65. The number of fused-ring (bicyclic) bond motifs is 1. The number of carboxylic acids is 1. The summed E-state index contributed by atoms with van der Waals surface area (Å²) in [6, 6.07) is 16.8. The molecule has 1 aromatic heterocycles. The number of thiophene rings is 1. The van der Waals surface area contributed by atoms with Crippen LogP contribution in [0.25, 0.3) is 10.1 Å². The zero-order valence-electron chi connectivity index (χ0n) is 10.6. The second-order valence-electron chi connectivity index (χ2n) is 4.37. The van der Waals surface area contributed by atoms with Crippen LogP contribution in [-0.2, 0) is 6.61 Å². The molecule has 0 bridgehead atoms. The van der Waals surface area contributed by atoms with Gasteiger partial charge in [0, 0.05) is 9.58 Å². The van der Waals surface area contributed by atoms with E-state index in [-0.39, 0.29) is 0 Å². The molecule has 0 radical (unpaired) electrons. The Kier molecular flexibility index (Phi) is 3.39. The molecule has 0 saturated carbocycles. The number of aromatic carboxylic acids is 1. The fraction of sp³-hybridized carbons (Fsp3) is 0.0625. The van der Waals surface area contributed by atoms with Gasteiger partial charge in [-0.25, -0.2) is 4.79 Å². The lowest BCUT2D eigenvalue weighted by atomic mass is 10.1. The predicted octanol–water partition coefficient (Wildman–Crippen LogP) is 4.18. The average Bonchev–Trinajstić information content (AvgIpc) is 2.88. The molecule has 0 amide bonds. The Balaban J connectivity index is 1.80. The van der Waals surface area contributed by atoms with E-state index < -0.39 is 5.97 Å². The number of ether oxygens (including phenoxy) is 1. The molecule has 100 valence electrons. The van der Waals surface area contributed by atoms with Gasteiger partial charge < -0.3 is 9.84 Å². The molecular formula is C16H12O3S. The fourth-order valence-corrected chi connectivity index (χ4v) is 2.93. The molecule has 0 aliphatic heterocycles. The maximum atomic E-state index is 10.9. The molecule has 3 aromatic rings. The van der Waals surface area contributed by atoms with Crippen LogP contribution >= 0.6 is 11.3 Å². The molecule has 0 atom stereocenters. The molecule has 0 spiro atoms. The maximum absolute atomic E-state index is 10.9. The highest BCUT2D eigenvalue weighted by Crippen LogP contribution is 2.27. The summed E-state index contributed by atoms with van der Waals surface area (Å²) in [6.07, 6.45) is 0. The van der Waals surface area contributed by atoms with Crippen molar-refractivity contribution in [2.75, 3.05) is 0 Å². The molecule has 20 heavy (non-hydrogen) atoms. The summed E-state index contributed by atoms with van der Waals surface area (Å²) >= 11 is 1.62. The van der Waals surface area contributed by atoms with Crippen molar-refractivity contribution in [1.29, 1.82) is 0 Å². The molecule has 0 unspecified atom stereocenters. The zero-order valence-corrected chi connectivity index (χ0v) is 11.4. The molecule has 2 aromatic carbocycles. The van der Waals surface area contributed by atoms with E-state index in [2.05, 4.69) is 0 Å². The minimum Gasteiger partial charge on any atom is -0.488 e. The van der Waals surface area contributed by atoms with E-state index in [4.69, 9.17) is 9.84 Å². The molecule has 0 fully saturated rings. The van der Waals surface area contributed by atoms with Gasteiger partial charge in [0.25, 0.3) is 0 Å². The number of carbonyl (C=O) groups is 1. The first-order chi connectivity index (χ1) is 9.72. The second-order valence-corrected chi connectivity index (χ2v) is 5.54. The predicted molar refractivity (Wildman–Crippen MR) is 79.6 cm³/mol. The summed E-state index contributed by atoms with van der Waals surface area (Å²) in [5, 5.41) is 9.93. The van der Waals surface area contributed by atoms with Crippen molar-refractivity contribution in [3.05, 3.63) is 65.0 Å². The van der Waals surface area contributed by atoms with E-state index in [0.29, 0.717) is 12.2 Å². The summed E-state index contributed by atoms with van der Waals surface area (Å²) < 4.78 is 6.76. The van der Waals surface area contributed by atoms with Crippen LogP contribution in [-0.4, -0.2) is 11.1 Å². The Labute approximate surface area is 120 Å². The van der Waals surface area contributed by atoms with Gasteiger partial charge in [-0.2, -0.15) is 0 Å². The summed E-state index contributed by atoms with van der Waals surface area (Å²) in [4.78, 5) is 12.0. The van der Waals surface area contributed by atoms with Gasteiger partial charge >= 0.3 is 5.97 Å². The molecule has 3 nitrogen and oxygen atoms in total. The number of carboxylic acid groups (broad SMARTS) is 1. The molecular weight excluding hydrogens is 272 g/mol. The minimum absolute atomic E-state index is 0.311. The van der Waals surface area contributed by atoms with Crippen molar-refractivity contribution >= 4 is 27.4 Å². The van der Waals surface area contributed by atoms with Crippen LogP contribution in [0.4, 0.5) is 0 Å². The van der Waals surface area contributed by atoms with E-state index in [9.17, 15) is 4.79 Å². The Bertz CT molecular complexity index is 747. The van der Waals surface area contributed by atoms with E-state index in [0.717, 1.165) is 20.7 Å². The van der Waals surface area contributed by atoms with Crippen LogP contribution < -0.4 is 4.74 Å². The van der Waals surface area contributed by atoms with Crippen molar-refractivity contribution < 1.29 is 14.6 Å². The highest BCUT2D eigenvalue weighted by Gasteiger charge is 2.07. The minimum atomic E-state index is -0.903. The lowest BCUT2D eigenvalue weighted by molar-refractivity contribution is 0.0697. The smallest absolute Gasteiger partial charge is 0.335 e. The van der Waals surface area contributed by atoms with Gasteiger partial charge in [-0.1, -0.05) is 18.2 Å². The van der Waals surface area contributed by atoms with E-state index >= 15 is 0 Å². The fourth-order valence-electron chi connectivity index (χ4n) is 1.97. The van der Waals surface area contributed by atoms with Gasteiger partial charge in [0.1, 0.15) is 12.4 Å². The van der Waals surface area contributed by atoms with Crippen LogP contribution in [0.15, 0.2) is 54.6 Å². The third-order valence-corrected chi connectivity index (χ3v) is 4.03. The van der Waals surface area contributed by atoms with Gasteiger partial charge in [0.2, 0.25) is 0 Å². The SMILES string of the molecule is O=C(O)c1ccc2sc(COc3ccccc3)cc2c1. The highest BCUT2D eigenvalue weighted by atomic mass is 32.1. The Morgan fingerprint density at radius 1 is 1.10 bits per heavy atom. The van der Waals surface area contributed by atoms with Crippen molar-refractivity contribution in [3.63, 3.8) is 0 Å². The second kappa shape index (κ2) is 5.35. The highest BCUT2D eigenvalue weighted by molar-refractivity contribution is 7.19. The lowest BCUT2D eigenvalue weighted by Crippen LogP contribution is -1.94. The van der Waals surface area contributed by atoms with Crippen molar-refractivity contribution in [2.45, 2.75) is 6.61 Å². The zero-order chi connectivity index (χ0) is 13.9. The van der Waals surface area contributed by atoms with Crippen LogP contribution in [0, 0.1) is 0 Å². The first-order valence-corrected chi connectivity index (χ1v) is 6.97. The van der Waals surface area contributed by atoms with Gasteiger partial charge in [-0.3, -0.25) is 0 Å². The standard InChI is InChI=1S/C16H12O3S/c17-16(18)11-6-7-15-12(8-11)9-14(20-15)10-19-13-4-2-1-3-5-13/h1-9H,10H2,(H,17,18). The van der Waals surface area contributed by atoms with Gasteiger partial charge in [0.05, 0.1) is 5.56 Å². The first-order valence-electron chi connectivity index (χ1n) is 6.16. The van der Waals surface area contributed by atoms with Gasteiger partial charge in [0.15, 0.2) is 0 Å². The Morgan fingerprint density at radius 2 is 1.90 bits per heavy atom. The molecule has 0 aliphatic rings. The average molecular weight is 284 g/mol. The molecule has 3 rings (SSSR count). The van der Waals surface area contributed by atoms with Crippen LogP contribution in [0.1, 0.15) is 15.2 Å². The van der Waals surface area contributed by atoms with Crippen LogP contribution in [0.2, 0.25) is 0 Å². The van der Waals surface area contributed by atoms with Crippen molar-refractivity contribution in [1.82, 2.24) is 0 Å². The quantitative estimate of drug-likeness (QED) is 0.781. The first kappa shape index (κ1) is 12.7. The molecule has 4 heteroatoms. The van der Waals surface area contributed by atoms with Crippen LogP contribution in [0.3, 0.4) is 0 Å². The third-order valence-electron chi connectivity index (χ3n) is 2.94. The van der Waals surface area contributed by atoms with Gasteiger partial charge in [-0.05, 0) is 41.8 Å². The number of rotatable bonds is 4. The molecule has 0 saturated heterocycles. The largest absolute Gasteiger partial charge is 0.488 e. The van der Waals surface area contributed by atoms with E-state index in [1.807, 2.05) is 42.5 Å². The summed E-state index contributed by atoms with van der Waals surface area (Å²) in [5.41, 5.74) is 0.311.